The van der Waals surface area contributed by atoms with Crippen LogP contribution in [-0.2, 0) is 6.54 Å². The third-order valence-corrected chi connectivity index (χ3v) is 3.43. The van der Waals surface area contributed by atoms with Gasteiger partial charge in [0.1, 0.15) is 11.7 Å². The summed E-state index contributed by atoms with van der Waals surface area (Å²) in [5.74, 6) is -0.516. The fraction of sp³-hybridized carbons (Fsp3) is 0.500. The quantitative estimate of drug-likeness (QED) is 0.572. The van der Waals surface area contributed by atoms with Crippen molar-refractivity contribution in [1.29, 1.82) is 5.41 Å². The van der Waals surface area contributed by atoms with E-state index in [1.165, 1.54) is 12.1 Å². The van der Waals surface area contributed by atoms with E-state index in [-0.39, 0.29) is 11.7 Å². The Morgan fingerprint density at radius 1 is 1.53 bits per heavy atom. The molecule has 1 aromatic rings. The molecule has 1 aliphatic heterocycles. The number of likely N-dealkylation sites (tertiary alicyclic amines) is 1. The van der Waals surface area contributed by atoms with E-state index in [2.05, 4.69) is 4.90 Å². The Labute approximate surface area is 112 Å². The first-order chi connectivity index (χ1) is 8.85. The third kappa shape index (κ3) is 3.75. The molecule has 0 amide bonds. The highest BCUT2D eigenvalue weighted by atomic mass is 19.1. The molecule has 4 N–H and O–H groups in total. The molecule has 4 nitrogen and oxygen atoms in total. The molecule has 1 aliphatic rings. The maximum atomic E-state index is 13.5. The van der Waals surface area contributed by atoms with Gasteiger partial charge in [-0.2, -0.15) is 0 Å². The summed E-state index contributed by atoms with van der Waals surface area (Å²) in [5.41, 5.74) is 5.90. The average Bonchev–Trinajstić information content (AvgIpc) is 2.26. The van der Waals surface area contributed by atoms with Gasteiger partial charge in [0.15, 0.2) is 0 Å². The molecule has 1 aromatic carbocycles. The highest BCUT2D eigenvalue weighted by molar-refractivity contribution is 5.95. The molecule has 0 saturated carbocycles. The highest BCUT2D eigenvalue weighted by Gasteiger charge is 2.28. The van der Waals surface area contributed by atoms with Gasteiger partial charge < -0.3 is 10.8 Å². The lowest BCUT2D eigenvalue weighted by molar-refractivity contribution is -0.0181. The number of rotatable bonds is 3. The molecule has 0 aliphatic carbocycles. The molecule has 0 spiro atoms. The van der Waals surface area contributed by atoms with E-state index >= 15 is 0 Å². The van der Waals surface area contributed by atoms with Crippen molar-refractivity contribution >= 4 is 5.84 Å². The standard InChI is InChI=1S/C14H20FN3O/c1-14(19)3-2-4-18(9-14)8-10-5-11(13(16)17)7-12(15)6-10/h5-7,19H,2-4,8-9H2,1H3,(H3,16,17). The predicted octanol–water partition coefficient (Wildman–Crippen LogP) is 1.46. The fourth-order valence-corrected chi connectivity index (χ4v) is 2.61. The van der Waals surface area contributed by atoms with Crippen LogP contribution in [0.5, 0.6) is 0 Å². The van der Waals surface area contributed by atoms with Crippen LogP contribution in [0.1, 0.15) is 30.9 Å². The minimum atomic E-state index is -0.672. The Morgan fingerprint density at radius 2 is 2.26 bits per heavy atom. The van der Waals surface area contributed by atoms with Crippen LogP contribution in [0.15, 0.2) is 18.2 Å². The number of aliphatic hydroxyl groups is 1. The van der Waals surface area contributed by atoms with E-state index in [1.54, 1.807) is 6.07 Å². The smallest absolute Gasteiger partial charge is 0.124 e. The number of β-amino-alcohol motifs (C(OH)–C–C–N with tert-alkyl or cyclic N) is 1. The monoisotopic (exact) mass is 265 g/mol. The van der Waals surface area contributed by atoms with Crippen molar-refractivity contribution < 1.29 is 9.50 Å². The van der Waals surface area contributed by atoms with Crippen LogP contribution in [-0.4, -0.2) is 34.5 Å². The zero-order valence-corrected chi connectivity index (χ0v) is 11.1. The summed E-state index contributed by atoms with van der Waals surface area (Å²) >= 11 is 0. The Morgan fingerprint density at radius 3 is 2.89 bits per heavy atom. The second-order valence-corrected chi connectivity index (χ2v) is 5.57. The maximum absolute atomic E-state index is 13.5. The van der Waals surface area contributed by atoms with Gasteiger partial charge in [-0.3, -0.25) is 10.3 Å². The normalized spacial score (nSPS) is 24.4. The molecule has 1 heterocycles. The number of halogens is 1. The lowest BCUT2D eigenvalue weighted by Gasteiger charge is -2.36. The zero-order valence-electron chi connectivity index (χ0n) is 11.1. The summed E-state index contributed by atoms with van der Waals surface area (Å²) in [6.45, 7) is 3.86. The summed E-state index contributed by atoms with van der Waals surface area (Å²) in [6, 6.07) is 4.45. The minimum Gasteiger partial charge on any atom is -0.389 e. The first kappa shape index (κ1) is 14.0. The summed E-state index contributed by atoms with van der Waals surface area (Å²) in [7, 11) is 0. The van der Waals surface area contributed by atoms with Gasteiger partial charge >= 0.3 is 0 Å². The molecule has 1 unspecified atom stereocenters. The van der Waals surface area contributed by atoms with Gasteiger partial charge in [0, 0.05) is 18.7 Å². The topological polar surface area (TPSA) is 73.3 Å². The van der Waals surface area contributed by atoms with Crippen LogP contribution in [0.25, 0.3) is 0 Å². The molecule has 0 bridgehead atoms. The molecule has 104 valence electrons. The molecule has 1 fully saturated rings. The maximum Gasteiger partial charge on any atom is 0.124 e. The van der Waals surface area contributed by atoms with Crippen LogP contribution in [0.3, 0.4) is 0 Å². The molecular weight excluding hydrogens is 245 g/mol. The van der Waals surface area contributed by atoms with Crippen LogP contribution >= 0.6 is 0 Å². The van der Waals surface area contributed by atoms with E-state index < -0.39 is 5.60 Å². The van der Waals surface area contributed by atoms with Gasteiger partial charge in [-0.15, -0.1) is 0 Å². The molecule has 1 saturated heterocycles. The molecule has 5 heteroatoms. The number of piperidine rings is 1. The van der Waals surface area contributed by atoms with E-state index in [4.69, 9.17) is 11.1 Å². The van der Waals surface area contributed by atoms with Gasteiger partial charge in [-0.1, -0.05) is 0 Å². The second-order valence-electron chi connectivity index (χ2n) is 5.57. The SMILES string of the molecule is CC1(O)CCCN(Cc2cc(F)cc(C(=N)N)c2)C1. The van der Waals surface area contributed by atoms with E-state index in [0.29, 0.717) is 18.7 Å². The van der Waals surface area contributed by atoms with E-state index in [1.807, 2.05) is 6.92 Å². The van der Waals surface area contributed by atoms with Crippen molar-refractivity contribution in [3.8, 4) is 0 Å². The van der Waals surface area contributed by atoms with Crippen LogP contribution in [0, 0.1) is 11.2 Å². The van der Waals surface area contributed by atoms with Crippen molar-refractivity contribution in [2.75, 3.05) is 13.1 Å². The number of nitrogens with one attached hydrogen (secondary N) is 1. The van der Waals surface area contributed by atoms with Gasteiger partial charge in [0.05, 0.1) is 5.60 Å². The van der Waals surface area contributed by atoms with Crippen molar-refractivity contribution in [3.05, 3.63) is 35.1 Å². The first-order valence-corrected chi connectivity index (χ1v) is 6.44. The largest absolute Gasteiger partial charge is 0.389 e. The number of nitrogen functional groups attached to an aromatic ring is 1. The van der Waals surface area contributed by atoms with Gasteiger partial charge in [-0.05, 0) is 50.1 Å². The lowest BCUT2D eigenvalue weighted by Crippen LogP contribution is -2.45. The minimum absolute atomic E-state index is 0.133. The molecule has 2 rings (SSSR count). The summed E-state index contributed by atoms with van der Waals surface area (Å²) in [4.78, 5) is 2.10. The van der Waals surface area contributed by atoms with Crippen LogP contribution < -0.4 is 5.73 Å². The van der Waals surface area contributed by atoms with Crippen molar-refractivity contribution in [2.45, 2.75) is 31.9 Å². The Hall–Kier alpha value is -1.46. The number of hydrogen-bond donors (Lipinski definition) is 3. The van der Waals surface area contributed by atoms with Crippen molar-refractivity contribution in [1.82, 2.24) is 4.90 Å². The third-order valence-electron chi connectivity index (χ3n) is 3.43. The van der Waals surface area contributed by atoms with Crippen LogP contribution in [0.4, 0.5) is 4.39 Å². The molecule has 0 aromatic heterocycles. The first-order valence-electron chi connectivity index (χ1n) is 6.44. The van der Waals surface area contributed by atoms with E-state index in [0.717, 1.165) is 24.9 Å². The number of nitrogens with two attached hydrogens (primary N) is 1. The van der Waals surface area contributed by atoms with Gasteiger partial charge in [0.25, 0.3) is 0 Å². The summed E-state index contributed by atoms with van der Waals surface area (Å²) in [5, 5.41) is 17.4. The Balaban J connectivity index is 2.12. The molecular formula is C14H20FN3O. The second kappa shape index (κ2) is 5.27. The Bertz CT molecular complexity index is 488. The lowest BCUT2D eigenvalue weighted by atomic mass is 9.95. The molecule has 19 heavy (non-hydrogen) atoms. The zero-order chi connectivity index (χ0) is 14.0. The number of amidine groups is 1. The van der Waals surface area contributed by atoms with Crippen molar-refractivity contribution in [3.63, 3.8) is 0 Å². The number of nitrogens with zero attached hydrogens (tertiary/aromatic N) is 1. The van der Waals surface area contributed by atoms with Gasteiger partial charge in [-0.25, -0.2) is 4.39 Å². The molecule has 1 atom stereocenters. The summed E-state index contributed by atoms with van der Waals surface area (Å²) < 4.78 is 13.5. The molecule has 0 radical (unpaired) electrons. The number of hydrogen-bond acceptors (Lipinski definition) is 3. The predicted molar refractivity (Wildman–Crippen MR) is 72.6 cm³/mol. The van der Waals surface area contributed by atoms with Crippen molar-refractivity contribution in [2.24, 2.45) is 5.73 Å². The summed E-state index contributed by atoms with van der Waals surface area (Å²) in [6.07, 6.45) is 1.73. The van der Waals surface area contributed by atoms with Gasteiger partial charge in [0.2, 0.25) is 0 Å². The highest BCUT2D eigenvalue weighted by Crippen LogP contribution is 2.22. The fourth-order valence-electron chi connectivity index (χ4n) is 2.61. The number of benzene rings is 1. The van der Waals surface area contributed by atoms with E-state index in [9.17, 15) is 9.50 Å². The average molecular weight is 265 g/mol. The Kier molecular flexibility index (Phi) is 3.87. The van der Waals surface area contributed by atoms with Crippen LogP contribution in [0.2, 0.25) is 0 Å².